The molecule has 1 fully saturated rings. The quantitative estimate of drug-likeness (QED) is 0.925. The van der Waals surface area contributed by atoms with Crippen LogP contribution in [0, 0.1) is 11.3 Å². The highest BCUT2D eigenvalue weighted by Gasteiger charge is 2.16. The maximum Gasteiger partial charge on any atom is 0.201 e. The maximum absolute atomic E-state index is 9.09. The number of hydrogen-bond donors (Lipinski definition) is 1. The number of anilines is 1. The van der Waals surface area contributed by atoms with Crippen LogP contribution >= 0.6 is 0 Å². The highest BCUT2D eigenvalue weighted by Crippen LogP contribution is 2.23. The van der Waals surface area contributed by atoms with Crippen LogP contribution in [0.25, 0.3) is 11.0 Å². The Balaban J connectivity index is 1.77. The lowest BCUT2D eigenvalue weighted by Crippen LogP contribution is -2.14. The lowest BCUT2D eigenvalue weighted by Gasteiger charge is -2.12. The van der Waals surface area contributed by atoms with Gasteiger partial charge in [0, 0.05) is 6.54 Å². The molecule has 1 aromatic carbocycles. The fraction of sp³-hybridized carbons (Fsp3) is 0.467. The predicted octanol–water partition coefficient (Wildman–Crippen LogP) is 2.45. The summed E-state index contributed by atoms with van der Waals surface area (Å²) in [6.07, 6.45) is 5.27. The highest BCUT2D eigenvalue weighted by atomic mass is 16.5. The standard InChI is InChI=1S/C15H18N4O/c16-10-11-4-3-7-13-14(11)18-15(17)19(13)8-9-20-12-5-1-2-6-12/h3-4,7,12H,1-2,5-6,8-9H2,(H2,17,18). The molecule has 20 heavy (non-hydrogen) atoms. The van der Waals surface area contributed by atoms with Crippen LogP contribution in [0.5, 0.6) is 0 Å². The van der Waals surface area contributed by atoms with E-state index in [9.17, 15) is 0 Å². The van der Waals surface area contributed by atoms with Gasteiger partial charge in [0.2, 0.25) is 5.95 Å². The van der Waals surface area contributed by atoms with Gasteiger partial charge in [-0.2, -0.15) is 5.26 Å². The first-order valence-electron chi connectivity index (χ1n) is 7.06. The molecule has 0 atom stereocenters. The summed E-state index contributed by atoms with van der Waals surface area (Å²) in [6.45, 7) is 1.31. The molecule has 104 valence electrons. The smallest absolute Gasteiger partial charge is 0.201 e. The van der Waals surface area contributed by atoms with E-state index in [1.54, 1.807) is 6.07 Å². The summed E-state index contributed by atoms with van der Waals surface area (Å²) in [5.41, 5.74) is 8.09. The van der Waals surface area contributed by atoms with E-state index in [0.29, 0.717) is 36.3 Å². The van der Waals surface area contributed by atoms with Crippen molar-refractivity contribution in [3.63, 3.8) is 0 Å². The number of rotatable bonds is 4. The average Bonchev–Trinajstić information content (AvgIpc) is 3.07. The first-order valence-corrected chi connectivity index (χ1v) is 7.06. The molecule has 0 aliphatic heterocycles. The van der Waals surface area contributed by atoms with Crippen LogP contribution < -0.4 is 5.73 Å². The molecular formula is C15H18N4O. The summed E-state index contributed by atoms with van der Waals surface area (Å²) in [6, 6.07) is 7.70. The average molecular weight is 270 g/mol. The number of nitrogens with zero attached hydrogens (tertiary/aromatic N) is 3. The molecule has 0 radical (unpaired) electrons. The summed E-state index contributed by atoms with van der Waals surface area (Å²) in [7, 11) is 0. The van der Waals surface area contributed by atoms with Crippen molar-refractivity contribution in [2.24, 2.45) is 0 Å². The van der Waals surface area contributed by atoms with E-state index in [4.69, 9.17) is 15.7 Å². The second-order valence-electron chi connectivity index (χ2n) is 5.18. The summed E-state index contributed by atoms with van der Waals surface area (Å²) in [5, 5.41) is 9.09. The fourth-order valence-electron chi connectivity index (χ4n) is 2.86. The monoisotopic (exact) mass is 270 g/mol. The molecule has 1 aliphatic carbocycles. The minimum atomic E-state index is 0.403. The van der Waals surface area contributed by atoms with E-state index in [0.717, 1.165) is 5.52 Å². The Morgan fingerprint density at radius 1 is 1.40 bits per heavy atom. The summed E-state index contributed by atoms with van der Waals surface area (Å²) < 4.78 is 7.79. The number of fused-ring (bicyclic) bond motifs is 1. The highest BCUT2D eigenvalue weighted by molar-refractivity contribution is 5.83. The Labute approximate surface area is 118 Å². The SMILES string of the molecule is N#Cc1cccc2c1nc(N)n2CCOC1CCCC1. The Hall–Kier alpha value is -2.06. The van der Waals surface area contributed by atoms with E-state index in [1.165, 1.54) is 25.7 Å². The topological polar surface area (TPSA) is 76.9 Å². The molecule has 0 unspecified atom stereocenters. The third kappa shape index (κ3) is 2.35. The summed E-state index contributed by atoms with van der Waals surface area (Å²) >= 11 is 0. The Bertz CT molecular complexity index is 650. The van der Waals surface area contributed by atoms with Crippen LogP contribution in [0.3, 0.4) is 0 Å². The molecule has 0 bridgehead atoms. The second kappa shape index (κ2) is 5.51. The van der Waals surface area contributed by atoms with Crippen molar-refractivity contribution in [3.05, 3.63) is 23.8 Å². The molecule has 1 saturated carbocycles. The zero-order chi connectivity index (χ0) is 13.9. The number of hydrogen-bond acceptors (Lipinski definition) is 4. The number of nitrogen functional groups attached to an aromatic ring is 1. The number of aromatic nitrogens is 2. The van der Waals surface area contributed by atoms with Crippen molar-refractivity contribution < 1.29 is 4.74 Å². The molecule has 1 aromatic heterocycles. The lowest BCUT2D eigenvalue weighted by atomic mass is 10.2. The van der Waals surface area contributed by atoms with Crippen molar-refractivity contribution in [2.75, 3.05) is 12.3 Å². The molecule has 2 N–H and O–H groups in total. The number of benzene rings is 1. The molecule has 0 amide bonds. The van der Waals surface area contributed by atoms with Crippen molar-refractivity contribution in [1.82, 2.24) is 9.55 Å². The van der Waals surface area contributed by atoms with Gasteiger partial charge in [-0.25, -0.2) is 4.98 Å². The zero-order valence-electron chi connectivity index (χ0n) is 11.4. The third-order valence-corrected chi connectivity index (χ3v) is 3.90. The molecule has 3 rings (SSSR count). The predicted molar refractivity (Wildman–Crippen MR) is 77.1 cm³/mol. The lowest BCUT2D eigenvalue weighted by molar-refractivity contribution is 0.0537. The number of ether oxygens (including phenoxy) is 1. The van der Waals surface area contributed by atoms with Crippen LogP contribution in [-0.4, -0.2) is 22.3 Å². The van der Waals surface area contributed by atoms with Crippen LogP contribution in [0.15, 0.2) is 18.2 Å². The van der Waals surface area contributed by atoms with Crippen molar-refractivity contribution in [2.45, 2.75) is 38.3 Å². The normalized spacial score (nSPS) is 15.8. The molecule has 0 spiro atoms. The van der Waals surface area contributed by atoms with Gasteiger partial charge in [-0.15, -0.1) is 0 Å². The van der Waals surface area contributed by atoms with Gasteiger partial charge in [-0.05, 0) is 25.0 Å². The van der Waals surface area contributed by atoms with Crippen LogP contribution in [-0.2, 0) is 11.3 Å². The van der Waals surface area contributed by atoms with E-state index >= 15 is 0 Å². The number of para-hydroxylation sites is 1. The van der Waals surface area contributed by atoms with Crippen molar-refractivity contribution in [3.8, 4) is 6.07 Å². The van der Waals surface area contributed by atoms with Gasteiger partial charge in [0.1, 0.15) is 11.6 Å². The van der Waals surface area contributed by atoms with Crippen LogP contribution in [0.1, 0.15) is 31.2 Å². The molecule has 1 heterocycles. The Morgan fingerprint density at radius 3 is 2.95 bits per heavy atom. The van der Waals surface area contributed by atoms with Gasteiger partial charge in [-0.3, -0.25) is 0 Å². The van der Waals surface area contributed by atoms with Crippen LogP contribution in [0.2, 0.25) is 0 Å². The van der Waals surface area contributed by atoms with Crippen molar-refractivity contribution >= 4 is 17.0 Å². The van der Waals surface area contributed by atoms with E-state index in [2.05, 4.69) is 11.1 Å². The third-order valence-electron chi connectivity index (χ3n) is 3.90. The zero-order valence-corrected chi connectivity index (χ0v) is 11.4. The van der Waals surface area contributed by atoms with Gasteiger partial charge in [-0.1, -0.05) is 18.9 Å². The Morgan fingerprint density at radius 2 is 2.20 bits per heavy atom. The minimum absolute atomic E-state index is 0.403. The van der Waals surface area contributed by atoms with Gasteiger partial charge in [0.15, 0.2) is 0 Å². The molecule has 0 saturated heterocycles. The molecule has 2 aromatic rings. The molecular weight excluding hydrogens is 252 g/mol. The van der Waals surface area contributed by atoms with E-state index < -0.39 is 0 Å². The van der Waals surface area contributed by atoms with Gasteiger partial charge >= 0.3 is 0 Å². The first-order chi connectivity index (χ1) is 9.79. The first kappa shape index (κ1) is 12.9. The second-order valence-corrected chi connectivity index (χ2v) is 5.18. The number of nitrogens with two attached hydrogens (primary N) is 1. The molecule has 5 nitrogen and oxygen atoms in total. The minimum Gasteiger partial charge on any atom is -0.376 e. The summed E-state index contributed by atoms with van der Waals surface area (Å²) in [5.74, 6) is 0.442. The number of imidazole rings is 1. The summed E-state index contributed by atoms with van der Waals surface area (Å²) in [4.78, 5) is 4.30. The van der Waals surface area contributed by atoms with Crippen molar-refractivity contribution in [1.29, 1.82) is 5.26 Å². The Kier molecular flexibility index (Phi) is 3.57. The van der Waals surface area contributed by atoms with E-state index in [-0.39, 0.29) is 0 Å². The maximum atomic E-state index is 9.09. The fourth-order valence-corrected chi connectivity index (χ4v) is 2.86. The van der Waals surface area contributed by atoms with Crippen LogP contribution in [0.4, 0.5) is 5.95 Å². The van der Waals surface area contributed by atoms with Gasteiger partial charge in [0.25, 0.3) is 0 Å². The number of nitriles is 1. The van der Waals surface area contributed by atoms with Gasteiger partial charge in [0.05, 0.1) is 23.8 Å². The molecule has 1 aliphatic rings. The molecule has 5 heteroatoms. The van der Waals surface area contributed by atoms with E-state index in [1.807, 2.05) is 16.7 Å². The largest absolute Gasteiger partial charge is 0.376 e. The van der Waals surface area contributed by atoms with Gasteiger partial charge < -0.3 is 15.0 Å².